The van der Waals surface area contributed by atoms with Gasteiger partial charge in [-0.2, -0.15) is 0 Å². The van der Waals surface area contributed by atoms with Crippen molar-refractivity contribution in [3.8, 4) is 11.1 Å². The molecule has 0 radical (unpaired) electrons. The average Bonchev–Trinajstić information content (AvgIpc) is 3.91. The Hall–Kier alpha value is -7.36. The first-order chi connectivity index (χ1) is 27.2. The summed E-state index contributed by atoms with van der Waals surface area (Å²) in [5.74, 6) is 0. The monoisotopic (exact) mass is 699 g/mol. The molecule has 0 fully saturated rings. The number of nitrogens with one attached hydrogen (secondary N) is 1. The maximum absolute atomic E-state index is 3.96. The molecule has 0 bridgehead atoms. The third-order valence-corrected chi connectivity index (χ3v) is 11.8. The van der Waals surface area contributed by atoms with Crippen molar-refractivity contribution in [2.75, 3.05) is 4.90 Å². The van der Waals surface area contributed by atoms with E-state index >= 15 is 0 Å². The van der Waals surface area contributed by atoms with Crippen LogP contribution >= 0.6 is 0 Å². The first-order valence-corrected chi connectivity index (χ1v) is 18.9. The number of nitrogens with zero attached hydrogens (tertiary/aromatic N) is 2. The van der Waals surface area contributed by atoms with E-state index in [0.29, 0.717) is 0 Å². The van der Waals surface area contributed by atoms with Gasteiger partial charge in [0.15, 0.2) is 0 Å². The highest BCUT2D eigenvalue weighted by Crippen LogP contribution is 2.45. The Kier molecular flexibility index (Phi) is 6.20. The molecule has 0 aliphatic carbocycles. The van der Waals surface area contributed by atoms with Crippen molar-refractivity contribution in [1.82, 2.24) is 9.38 Å². The molecule has 12 aromatic rings. The van der Waals surface area contributed by atoms with Crippen molar-refractivity contribution >= 4 is 105 Å². The van der Waals surface area contributed by atoms with Gasteiger partial charge in [0.2, 0.25) is 0 Å². The lowest BCUT2D eigenvalue weighted by Gasteiger charge is -2.27. The summed E-state index contributed by atoms with van der Waals surface area (Å²) in [5.41, 5.74) is 13.0. The zero-order valence-electron chi connectivity index (χ0n) is 29.9. The summed E-state index contributed by atoms with van der Waals surface area (Å²) in [5, 5.41) is 12.7. The maximum atomic E-state index is 3.96. The van der Waals surface area contributed by atoms with Crippen molar-refractivity contribution in [3.63, 3.8) is 0 Å². The SMILES string of the molecule is C=Cc1ccc(N(c2ccc(-c3ccc4c(c3)[nH]c3c4ccc4ccc5c(c6cccc7c8ccccc8n5c76)c43)cc2)c2cccc3ccccc23)cc1. The summed E-state index contributed by atoms with van der Waals surface area (Å²) in [6, 6.07) is 64.3. The van der Waals surface area contributed by atoms with Gasteiger partial charge in [0.25, 0.3) is 0 Å². The van der Waals surface area contributed by atoms with Crippen LogP contribution in [0.25, 0.3) is 98.6 Å². The highest BCUT2D eigenvalue weighted by Gasteiger charge is 2.21. The zero-order chi connectivity index (χ0) is 36.2. The van der Waals surface area contributed by atoms with E-state index < -0.39 is 0 Å². The van der Waals surface area contributed by atoms with Crippen molar-refractivity contribution in [2.24, 2.45) is 0 Å². The van der Waals surface area contributed by atoms with E-state index in [4.69, 9.17) is 0 Å². The summed E-state index contributed by atoms with van der Waals surface area (Å²) in [7, 11) is 0. The molecule has 3 heteroatoms. The lowest BCUT2D eigenvalue weighted by atomic mass is 9.99. The van der Waals surface area contributed by atoms with Crippen LogP contribution < -0.4 is 4.90 Å². The molecule has 0 atom stereocenters. The number of hydrogen-bond donors (Lipinski definition) is 1. The molecular weight excluding hydrogens is 667 g/mol. The molecule has 55 heavy (non-hydrogen) atoms. The molecule has 256 valence electrons. The smallest absolute Gasteiger partial charge is 0.0620 e. The Bertz CT molecular complexity index is 3490. The molecule has 0 spiro atoms. The summed E-state index contributed by atoms with van der Waals surface area (Å²) in [6.45, 7) is 3.96. The quantitative estimate of drug-likeness (QED) is 0.190. The molecule has 0 unspecified atom stereocenters. The number of hydrogen-bond acceptors (Lipinski definition) is 1. The minimum atomic E-state index is 1.10. The number of aromatic nitrogens is 2. The Morgan fingerprint density at radius 3 is 2.00 bits per heavy atom. The van der Waals surface area contributed by atoms with Crippen molar-refractivity contribution in [3.05, 3.63) is 188 Å². The third-order valence-electron chi connectivity index (χ3n) is 11.8. The summed E-state index contributed by atoms with van der Waals surface area (Å²) in [6.07, 6.45) is 1.89. The van der Waals surface area contributed by atoms with Gasteiger partial charge < -0.3 is 14.3 Å². The Labute approximate surface area is 316 Å². The topological polar surface area (TPSA) is 23.4 Å². The van der Waals surface area contributed by atoms with Crippen LogP contribution in [-0.2, 0) is 0 Å². The van der Waals surface area contributed by atoms with Crippen molar-refractivity contribution in [2.45, 2.75) is 0 Å². The van der Waals surface area contributed by atoms with E-state index in [1.54, 1.807) is 0 Å². The van der Waals surface area contributed by atoms with Crippen LogP contribution in [0, 0.1) is 0 Å². The van der Waals surface area contributed by atoms with E-state index in [2.05, 4.69) is 197 Å². The average molecular weight is 700 g/mol. The Balaban J connectivity index is 1.00. The van der Waals surface area contributed by atoms with E-state index in [9.17, 15) is 0 Å². The van der Waals surface area contributed by atoms with Crippen LogP contribution in [0.15, 0.2) is 183 Å². The van der Waals surface area contributed by atoms with Crippen LogP contribution in [-0.4, -0.2) is 9.38 Å². The van der Waals surface area contributed by atoms with Crippen molar-refractivity contribution < 1.29 is 0 Å². The minimum Gasteiger partial charge on any atom is -0.354 e. The van der Waals surface area contributed by atoms with Gasteiger partial charge >= 0.3 is 0 Å². The van der Waals surface area contributed by atoms with E-state index in [-0.39, 0.29) is 0 Å². The number of H-pyrrole nitrogens is 1. The molecule has 0 aliphatic rings. The summed E-state index contributed by atoms with van der Waals surface area (Å²) >= 11 is 0. The molecule has 3 nitrogen and oxygen atoms in total. The maximum Gasteiger partial charge on any atom is 0.0620 e. The fourth-order valence-corrected chi connectivity index (χ4v) is 9.28. The lowest BCUT2D eigenvalue weighted by molar-refractivity contribution is 1.30. The van der Waals surface area contributed by atoms with Gasteiger partial charge in [0.1, 0.15) is 0 Å². The second-order valence-corrected chi connectivity index (χ2v) is 14.7. The van der Waals surface area contributed by atoms with E-state index in [0.717, 1.165) is 28.1 Å². The molecular formula is C52H33N3. The summed E-state index contributed by atoms with van der Waals surface area (Å²) < 4.78 is 2.47. The predicted molar refractivity (Wildman–Crippen MR) is 236 cm³/mol. The summed E-state index contributed by atoms with van der Waals surface area (Å²) in [4.78, 5) is 6.27. The van der Waals surface area contributed by atoms with Gasteiger partial charge in [0, 0.05) is 60.0 Å². The van der Waals surface area contributed by atoms with Gasteiger partial charge in [-0.05, 0) is 76.0 Å². The number of fused-ring (bicyclic) bond motifs is 13. The molecule has 0 saturated heterocycles. The Morgan fingerprint density at radius 2 is 1.15 bits per heavy atom. The fraction of sp³-hybridized carbons (Fsp3) is 0. The Morgan fingerprint density at radius 1 is 0.473 bits per heavy atom. The van der Waals surface area contributed by atoms with E-state index in [1.807, 2.05) is 6.08 Å². The van der Waals surface area contributed by atoms with Gasteiger partial charge in [-0.3, -0.25) is 0 Å². The van der Waals surface area contributed by atoms with Gasteiger partial charge in [-0.1, -0.05) is 140 Å². The second-order valence-electron chi connectivity index (χ2n) is 14.7. The second kappa shape index (κ2) is 11.3. The number of para-hydroxylation sites is 2. The predicted octanol–water partition coefficient (Wildman–Crippen LogP) is 14.6. The largest absolute Gasteiger partial charge is 0.354 e. The van der Waals surface area contributed by atoms with Gasteiger partial charge in [0.05, 0.1) is 27.8 Å². The van der Waals surface area contributed by atoms with Crippen LogP contribution in [0.1, 0.15) is 5.56 Å². The minimum absolute atomic E-state index is 1.10. The molecule has 9 aromatic carbocycles. The molecule has 3 aromatic heterocycles. The number of anilines is 3. The van der Waals surface area contributed by atoms with Crippen LogP contribution in [0.4, 0.5) is 17.1 Å². The third kappa shape index (κ3) is 4.26. The van der Waals surface area contributed by atoms with Crippen LogP contribution in [0.3, 0.4) is 0 Å². The zero-order valence-corrected chi connectivity index (χ0v) is 29.9. The highest BCUT2D eigenvalue weighted by atomic mass is 15.1. The van der Waals surface area contributed by atoms with Gasteiger partial charge in [-0.25, -0.2) is 0 Å². The van der Waals surface area contributed by atoms with Crippen molar-refractivity contribution in [1.29, 1.82) is 0 Å². The first kappa shape index (κ1) is 30.1. The molecule has 1 N–H and O–H groups in total. The van der Waals surface area contributed by atoms with Crippen LogP contribution in [0.5, 0.6) is 0 Å². The molecule has 0 amide bonds. The standard InChI is InChI=1S/C52H33N3/c1-2-32-17-24-37(25-18-32)54(46-16-7-10-34-9-3-4-11-39(34)46)38-26-19-33(20-27-38)36-22-28-40-42-29-21-35-23-30-48-50(49(35)51(42)53-45(40)31-36)44-14-8-13-43-41-12-5-6-15-47(41)55(48)52(43)44/h2-31,53H,1H2. The number of rotatable bonds is 5. The first-order valence-electron chi connectivity index (χ1n) is 18.9. The lowest BCUT2D eigenvalue weighted by Crippen LogP contribution is -2.10. The molecule has 0 aliphatic heterocycles. The van der Waals surface area contributed by atoms with E-state index in [1.165, 1.54) is 87.1 Å². The van der Waals surface area contributed by atoms with Crippen LogP contribution in [0.2, 0.25) is 0 Å². The highest BCUT2D eigenvalue weighted by molar-refractivity contribution is 6.33. The number of benzene rings is 9. The normalized spacial score (nSPS) is 12.1. The molecule has 0 saturated carbocycles. The number of aromatic amines is 1. The molecule has 3 heterocycles. The fourth-order valence-electron chi connectivity index (χ4n) is 9.28. The van der Waals surface area contributed by atoms with Gasteiger partial charge in [-0.15, -0.1) is 0 Å². The molecule has 12 rings (SSSR count).